The second-order valence-electron chi connectivity index (χ2n) is 4.89. The fourth-order valence-corrected chi connectivity index (χ4v) is 3.15. The first kappa shape index (κ1) is 16.4. The zero-order valence-electron chi connectivity index (χ0n) is 10.9. The van der Waals surface area contributed by atoms with E-state index in [0.717, 1.165) is 12.8 Å². The highest BCUT2D eigenvalue weighted by Gasteiger charge is 2.28. The number of rotatable bonds is 5. The Balaban J connectivity index is 2.12. The molecule has 0 unspecified atom stereocenters. The normalized spacial score (nSPS) is 13.9. The van der Waals surface area contributed by atoms with E-state index in [2.05, 4.69) is 21.2 Å². The van der Waals surface area contributed by atoms with Gasteiger partial charge in [-0.3, -0.25) is 4.79 Å². The van der Waals surface area contributed by atoms with Gasteiger partial charge < -0.3 is 15.3 Å². The topological polar surface area (TPSA) is 69.6 Å². The van der Waals surface area contributed by atoms with E-state index in [4.69, 9.17) is 28.3 Å². The molecule has 0 radical (unpaired) electrons. The zero-order chi connectivity index (χ0) is 15.6. The largest absolute Gasteiger partial charge is 0.480 e. The molecule has 5 nitrogen and oxygen atoms in total. The lowest BCUT2D eigenvalue weighted by Gasteiger charge is -2.22. The van der Waals surface area contributed by atoms with Crippen LogP contribution in [-0.2, 0) is 4.79 Å². The van der Waals surface area contributed by atoms with Crippen LogP contribution in [0.1, 0.15) is 12.8 Å². The number of anilines is 1. The van der Waals surface area contributed by atoms with Crippen molar-refractivity contribution in [1.29, 1.82) is 0 Å². The van der Waals surface area contributed by atoms with Gasteiger partial charge in [0.2, 0.25) is 0 Å². The second kappa shape index (κ2) is 6.85. The van der Waals surface area contributed by atoms with Crippen molar-refractivity contribution >= 4 is 56.8 Å². The quantitative estimate of drug-likeness (QED) is 0.788. The minimum Gasteiger partial charge on any atom is -0.480 e. The van der Waals surface area contributed by atoms with Gasteiger partial charge in [-0.2, -0.15) is 0 Å². The third-order valence-electron chi connectivity index (χ3n) is 3.03. The summed E-state index contributed by atoms with van der Waals surface area (Å²) in [7, 11) is 0. The predicted octanol–water partition coefficient (Wildman–Crippen LogP) is 4.08. The van der Waals surface area contributed by atoms with Crippen LogP contribution in [-0.4, -0.2) is 35.1 Å². The van der Waals surface area contributed by atoms with Gasteiger partial charge >= 0.3 is 12.0 Å². The molecule has 8 heteroatoms. The minimum absolute atomic E-state index is 0.276. The van der Waals surface area contributed by atoms with Crippen molar-refractivity contribution in [3.05, 3.63) is 26.7 Å². The Hall–Kier alpha value is -0.980. The highest BCUT2D eigenvalue weighted by atomic mass is 79.9. The molecule has 2 amide bonds. The zero-order valence-corrected chi connectivity index (χ0v) is 14.0. The second-order valence-corrected chi connectivity index (χ2v) is 6.62. The van der Waals surface area contributed by atoms with Gasteiger partial charge in [0.1, 0.15) is 6.54 Å². The number of carbonyl (C=O) groups excluding carboxylic acids is 1. The summed E-state index contributed by atoms with van der Waals surface area (Å²) < 4.78 is 0.691. The maximum atomic E-state index is 12.2. The molecule has 0 bridgehead atoms. The summed E-state index contributed by atoms with van der Waals surface area (Å²) in [6.07, 6.45) is 2.03. The number of halogens is 3. The molecule has 1 aromatic rings. The van der Waals surface area contributed by atoms with E-state index in [1.165, 1.54) is 4.90 Å². The van der Waals surface area contributed by atoms with Gasteiger partial charge in [0.25, 0.3) is 0 Å². The third kappa shape index (κ3) is 4.76. The summed E-state index contributed by atoms with van der Waals surface area (Å²) >= 11 is 15.3. The van der Waals surface area contributed by atoms with Gasteiger partial charge in [0.05, 0.1) is 15.7 Å². The summed E-state index contributed by atoms with van der Waals surface area (Å²) in [6, 6.07) is 2.69. The molecule has 1 aliphatic rings. The van der Waals surface area contributed by atoms with Gasteiger partial charge in [-0.25, -0.2) is 4.79 Å². The number of amides is 2. The van der Waals surface area contributed by atoms with Crippen molar-refractivity contribution in [2.24, 2.45) is 5.92 Å². The van der Waals surface area contributed by atoms with Crippen LogP contribution in [0.25, 0.3) is 0 Å². The van der Waals surface area contributed by atoms with Crippen LogP contribution < -0.4 is 5.32 Å². The molecule has 21 heavy (non-hydrogen) atoms. The van der Waals surface area contributed by atoms with Crippen LogP contribution in [0.4, 0.5) is 10.5 Å². The maximum Gasteiger partial charge on any atom is 0.323 e. The fraction of sp³-hybridized carbons (Fsp3) is 0.385. The van der Waals surface area contributed by atoms with E-state index >= 15 is 0 Å². The molecule has 1 aromatic carbocycles. The number of carbonyl (C=O) groups is 2. The number of urea groups is 1. The van der Waals surface area contributed by atoms with E-state index in [9.17, 15) is 9.59 Å². The standard InChI is InChI=1S/C13H13BrCl2N2O3/c14-8-3-9(15)12(10(16)4-8)17-13(21)18(6-11(19)20)5-7-1-2-7/h3-4,7H,1-2,5-6H2,(H,17,21)(H,19,20). The maximum absolute atomic E-state index is 12.2. The van der Waals surface area contributed by atoms with Crippen LogP contribution >= 0.6 is 39.1 Å². The average molecular weight is 396 g/mol. The first-order valence-corrected chi connectivity index (χ1v) is 7.84. The van der Waals surface area contributed by atoms with Gasteiger partial charge in [-0.15, -0.1) is 0 Å². The van der Waals surface area contributed by atoms with Crippen molar-refractivity contribution in [2.75, 3.05) is 18.4 Å². The van der Waals surface area contributed by atoms with Crippen LogP contribution in [0.5, 0.6) is 0 Å². The molecular formula is C13H13BrCl2N2O3. The van der Waals surface area contributed by atoms with Crippen molar-refractivity contribution in [3.8, 4) is 0 Å². The Labute approximate surface area is 140 Å². The Kier molecular flexibility index (Phi) is 5.35. The lowest BCUT2D eigenvalue weighted by atomic mass is 10.3. The monoisotopic (exact) mass is 394 g/mol. The molecular weight excluding hydrogens is 383 g/mol. The Morgan fingerprint density at radius 3 is 2.38 bits per heavy atom. The molecule has 0 atom stereocenters. The molecule has 0 aliphatic heterocycles. The average Bonchev–Trinajstić information content (AvgIpc) is 3.16. The lowest BCUT2D eigenvalue weighted by Crippen LogP contribution is -2.40. The minimum atomic E-state index is -1.06. The summed E-state index contributed by atoms with van der Waals surface area (Å²) in [5, 5.41) is 12.0. The number of aliphatic carboxylic acids is 1. The van der Waals surface area contributed by atoms with Crippen molar-refractivity contribution in [2.45, 2.75) is 12.8 Å². The molecule has 2 rings (SSSR count). The predicted molar refractivity (Wildman–Crippen MR) is 85.1 cm³/mol. The Morgan fingerprint density at radius 1 is 1.33 bits per heavy atom. The third-order valence-corrected chi connectivity index (χ3v) is 4.08. The van der Waals surface area contributed by atoms with Crippen LogP contribution in [0.2, 0.25) is 10.0 Å². The number of benzene rings is 1. The molecule has 0 saturated heterocycles. The van der Waals surface area contributed by atoms with Gasteiger partial charge in [-0.1, -0.05) is 39.1 Å². The molecule has 1 saturated carbocycles. The number of nitrogens with one attached hydrogen (secondary N) is 1. The summed E-state index contributed by atoms with van der Waals surface area (Å²) in [5.41, 5.74) is 0.276. The Morgan fingerprint density at radius 2 is 1.90 bits per heavy atom. The van der Waals surface area contributed by atoms with Crippen molar-refractivity contribution in [1.82, 2.24) is 4.90 Å². The smallest absolute Gasteiger partial charge is 0.323 e. The van der Waals surface area contributed by atoms with Gasteiger partial charge in [0, 0.05) is 11.0 Å². The molecule has 2 N–H and O–H groups in total. The van der Waals surface area contributed by atoms with E-state index < -0.39 is 12.0 Å². The molecule has 114 valence electrons. The van der Waals surface area contributed by atoms with Crippen molar-refractivity contribution < 1.29 is 14.7 Å². The Bertz CT molecular complexity index is 556. The molecule has 1 aliphatic carbocycles. The van der Waals surface area contributed by atoms with Gasteiger partial charge in [0.15, 0.2) is 0 Å². The lowest BCUT2D eigenvalue weighted by molar-refractivity contribution is -0.137. The number of nitrogens with zero attached hydrogens (tertiary/aromatic N) is 1. The van der Waals surface area contributed by atoms with Gasteiger partial charge in [-0.05, 0) is 30.9 Å². The van der Waals surface area contributed by atoms with E-state index in [1.807, 2.05) is 0 Å². The number of carboxylic acids is 1. The van der Waals surface area contributed by atoms with Crippen molar-refractivity contribution in [3.63, 3.8) is 0 Å². The highest BCUT2D eigenvalue weighted by molar-refractivity contribution is 9.10. The first-order valence-electron chi connectivity index (χ1n) is 6.29. The fourth-order valence-electron chi connectivity index (χ4n) is 1.84. The summed E-state index contributed by atoms with van der Waals surface area (Å²) in [6.45, 7) is 0.0675. The first-order chi connectivity index (χ1) is 9.86. The molecule has 0 aromatic heterocycles. The van der Waals surface area contributed by atoms with E-state index in [1.54, 1.807) is 12.1 Å². The summed E-state index contributed by atoms with van der Waals surface area (Å²) in [5.74, 6) is -0.676. The number of hydrogen-bond donors (Lipinski definition) is 2. The van der Waals surface area contributed by atoms with E-state index in [-0.39, 0.29) is 22.3 Å². The molecule has 1 fully saturated rings. The number of hydrogen-bond acceptors (Lipinski definition) is 2. The highest BCUT2D eigenvalue weighted by Crippen LogP contribution is 2.34. The van der Waals surface area contributed by atoms with Crippen LogP contribution in [0, 0.1) is 5.92 Å². The SMILES string of the molecule is O=C(O)CN(CC1CC1)C(=O)Nc1c(Cl)cc(Br)cc1Cl. The molecule has 0 spiro atoms. The molecule has 0 heterocycles. The number of carboxylic acid groups (broad SMARTS) is 1. The summed E-state index contributed by atoms with van der Waals surface area (Å²) in [4.78, 5) is 24.3. The van der Waals surface area contributed by atoms with Crippen LogP contribution in [0.15, 0.2) is 16.6 Å². The van der Waals surface area contributed by atoms with Crippen LogP contribution in [0.3, 0.4) is 0 Å². The van der Waals surface area contributed by atoms with E-state index in [0.29, 0.717) is 16.9 Å².